The Balaban J connectivity index is 2.14. The van der Waals surface area contributed by atoms with Gasteiger partial charge in [-0.1, -0.05) is 23.4 Å². The van der Waals surface area contributed by atoms with Gasteiger partial charge in [-0.05, 0) is 31.6 Å². The molecule has 0 saturated heterocycles. The van der Waals surface area contributed by atoms with E-state index in [2.05, 4.69) is 31.0 Å². The zero-order valence-corrected chi connectivity index (χ0v) is 14.5. The van der Waals surface area contributed by atoms with E-state index >= 15 is 0 Å². The highest BCUT2D eigenvalue weighted by Gasteiger charge is 2.66. The summed E-state index contributed by atoms with van der Waals surface area (Å²) < 4.78 is 7.90. The number of hydrogen-bond donors (Lipinski definition) is 0. The van der Waals surface area contributed by atoms with Crippen molar-refractivity contribution in [2.75, 3.05) is 14.2 Å². The Morgan fingerprint density at radius 1 is 1.30 bits per heavy atom. The summed E-state index contributed by atoms with van der Waals surface area (Å²) >= 11 is 5.55. The minimum Gasteiger partial charge on any atom is -0.496 e. The molecule has 5 nitrogen and oxygen atoms in total. The van der Waals surface area contributed by atoms with Gasteiger partial charge >= 0.3 is 5.95 Å². The van der Waals surface area contributed by atoms with E-state index in [0.29, 0.717) is 5.03 Å². The first-order valence-electron chi connectivity index (χ1n) is 7.55. The molecule has 2 unspecified atom stereocenters. The van der Waals surface area contributed by atoms with Gasteiger partial charge in [0.1, 0.15) is 22.7 Å². The predicted octanol–water partition coefficient (Wildman–Crippen LogP) is 3.70. The molecule has 0 aromatic carbocycles. The molecule has 3 aliphatic rings. The second kappa shape index (κ2) is 4.56. The van der Waals surface area contributed by atoms with Crippen molar-refractivity contribution in [3.05, 3.63) is 47.5 Å². The van der Waals surface area contributed by atoms with Crippen LogP contribution in [0.1, 0.15) is 20.3 Å². The predicted molar refractivity (Wildman–Crippen MR) is 91.1 cm³/mol. The summed E-state index contributed by atoms with van der Waals surface area (Å²) in [5, 5.41) is 0.689. The highest BCUT2D eigenvalue weighted by molar-refractivity contribution is 7.80. The van der Waals surface area contributed by atoms with Gasteiger partial charge in [0.2, 0.25) is 5.54 Å². The number of imidazole rings is 1. The molecular weight excluding hydrogens is 310 g/mol. The molecule has 4 rings (SSSR count). The summed E-state index contributed by atoms with van der Waals surface area (Å²) in [6, 6.07) is 0. The van der Waals surface area contributed by atoms with Crippen LogP contribution in [0.2, 0.25) is 0 Å². The van der Waals surface area contributed by atoms with E-state index in [-0.39, 0.29) is 4.65 Å². The van der Waals surface area contributed by atoms with Crippen molar-refractivity contribution in [1.29, 1.82) is 0 Å². The Morgan fingerprint density at radius 3 is 2.78 bits per heavy atom. The molecule has 6 heteroatoms. The van der Waals surface area contributed by atoms with Gasteiger partial charge in [-0.15, -0.1) is 0 Å². The van der Waals surface area contributed by atoms with Crippen LogP contribution in [-0.2, 0) is 9.57 Å². The zero-order chi connectivity index (χ0) is 16.4. The number of nitrogens with zero attached hydrogens (tertiary/aromatic N) is 3. The van der Waals surface area contributed by atoms with Gasteiger partial charge < -0.3 is 4.74 Å². The summed E-state index contributed by atoms with van der Waals surface area (Å²) in [6.45, 7) is 4.19. The smallest absolute Gasteiger partial charge is 0.354 e. The zero-order valence-electron chi connectivity index (χ0n) is 13.7. The maximum atomic E-state index is 6.04. The Kier molecular flexibility index (Phi) is 2.91. The molecular formula is C17H19N3O2S+. The number of hydroxylamine groups is 2. The molecule has 0 saturated carbocycles. The number of fused-ring (bicyclic) bond motifs is 3. The third-order valence-electron chi connectivity index (χ3n) is 5.12. The third-order valence-corrected chi connectivity index (χ3v) is 5.41. The van der Waals surface area contributed by atoms with Crippen LogP contribution < -0.4 is 4.65 Å². The number of ether oxygens (including phenoxy) is 1. The second-order valence-electron chi connectivity index (χ2n) is 6.16. The first-order chi connectivity index (χ1) is 11.0. The van der Waals surface area contributed by atoms with E-state index < -0.39 is 5.54 Å². The van der Waals surface area contributed by atoms with Crippen molar-refractivity contribution in [1.82, 2.24) is 14.2 Å². The summed E-state index contributed by atoms with van der Waals surface area (Å²) in [5.41, 5.74) is 2.99. The van der Waals surface area contributed by atoms with Gasteiger partial charge in [0.05, 0.1) is 20.4 Å². The fourth-order valence-corrected chi connectivity index (χ4v) is 4.60. The fraction of sp³-hybridized carbons (Fsp3) is 0.353. The molecule has 1 radical (unpaired) electrons. The lowest BCUT2D eigenvalue weighted by Crippen LogP contribution is -2.60. The summed E-state index contributed by atoms with van der Waals surface area (Å²) in [5.74, 6) is 1.72. The molecule has 0 bridgehead atoms. The average Bonchev–Trinajstić information content (AvgIpc) is 3.02. The van der Waals surface area contributed by atoms with E-state index in [4.69, 9.17) is 22.2 Å². The normalized spacial score (nSPS) is 31.3. The maximum Gasteiger partial charge on any atom is 0.354 e. The van der Waals surface area contributed by atoms with E-state index in [1.54, 1.807) is 20.4 Å². The van der Waals surface area contributed by atoms with Gasteiger partial charge in [0, 0.05) is 12.0 Å². The van der Waals surface area contributed by atoms with Crippen molar-refractivity contribution in [3.63, 3.8) is 0 Å². The van der Waals surface area contributed by atoms with Crippen LogP contribution in [0, 0.1) is 0 Å². The molecule has 1 spiro atoms. The third kappa shape index (κ3) is 1.46. The molecule has 1 aromatic rings. The minimum atomic E-state index is -0.392. The molecule has 23 heavy (non-hydrogen) atoms. The van der Waals surface area contributed by atoms with E-state index in [0.717, 1.165) is 29.4 Å². The topological polar surface area (TPSA) is 36.3 Å². The summed E-state index contributed by atoms with van der Waals surface area (Å²) in [6.07, 6.45) is 10.8. The number of methoxy groups -OCH3 is 1. The molecule has 2 aliphatic heterocycles. The molecule has 0 amide bonds. The van der Waals surface area contributed by atoms with Gasteiger partial charge in [-0.25, -0.2) is 4.57 Å². The number of hydrogen-bond acceptors (Lipinski definition) is 3. The first kappa shape index (κ1) is 14.7. The first-order valence-corrected chi connectivity index (χ1v) is 7.96. The minimum absolute atomic E-state index is 0.196. The van der Waals surface area contributed by atoms with Crippen molar-refractivity contribution < 1.29 is 9.57 Å². The van der Waals surface area contributed by atoms with E-state index in [9.17, 15) is 0 Å². The van der Waals surface area contributed by atoms with Crippen molar-refractivity contribution in [2.45, 2.75) is 30.8 Å². The Hall–Kier alpha value is -1.89. The molecule has 0 N–H and O–H groups in total. The number of rotatable bonds is 2. The van der Waals surface area contributed by atoms with E-state index in [1.165, 1.54) is 5.57 Å². The lowest BCUT2D eigenvalue weighted by molar-refractivity contribution is -0.118. The highest BCUT2D eigenvalue weighted by atomic mass is 32.1. The lowest BCUT2D eigenvalue weighted by Gasteiger charge is -2.42. The lowest BCUT2D eigenvalue weighted by atomic mass is 9.78. The van der Waals surface area contributed by atoms with Crippen LogP contribution in [0.25, 0.3) is 5.70 Å². The van der Waals surface area contributed by atoms with Gasteiger partial charge in [-0.2, -0.15) is 9.82 Å². The number of quaternary nitrogens is 1. The van der Waals surface area contributed by atoms with Crippen LogP contribution in [0.4, 0.5) is 5.95 Å². The Bertz CT molecular complexity index is 833. The van der Waals surface area contributed by atoms with Gasteiger partial charge in [0.25, 0.3) is 0 Å². The SMILES string of the molecule is COC1=C(C)CC23C=CC=C[N+]2(OC)c2ncc([S])n2C3=C1C. The largest absolute Gasteiger partial charge is 0.496 e. The number of aromatic nitrogens is 2. The van der Waals surface area contributed by atoms with Gasteiger partial charge in [-0.3, -0.25) is 0 Å². The quantitative estimate of drug-likeness (QED) is 0.776. The monoisotopic (exact) mass is 329 g/mol. The Labute approximate surface area is 141 Å². The van der Waals surface area contributed by atoms with Crippen molar-refractivity contribution in [2.24, 2.45) is 0 Å². The summed E-state index contributed by atoms with van der Waals surface area (Å²) in [7, 11) is 3.44. The standard InChI is InChI=1S/C17H19N3O2S/c1-11-9-17-7-5-6-8-20(17,22-4)16-18-10-13(23)19(16)15(17)12(2)14(11)21-3/h5-8,10H,9H2,1-4H3/q+1. The molecule has 1 aliphatic carbocycles. The van der Waals surface area contributed by atoms with Crippen LogP contribution in [0.5, 0.6) is 0 Å². The molecule has 3 heterocycles. The maximum absolute atomic E-state index is 6.04. The van der Waals surface area contributed by atoms with Crippen LogP contribution in [-0.4, -0.2) is 29.3 Å². The van der Waals surface area contributed by atoms with Crippen molar-refractivity contribution >= 4 is 24.3 Å². The average molecular weight is 329 g/mol. The van der Waals surface area contributed by atoms with Gasteiger partial charge in [0.15, 0.2) is 0 Å². The molecule has 119 valence electrons. The van der Waals surface area contributed by atoms with Crippen LogP contribution in [0.3, 0.4) is 0 Å². The molecule has 2 atom stereocenters. The van der Waals surface area contributed by atoms with Crippen molar-refractivity contribution in [3.8, 4) is 0 Å². The van der Waals surface area contributed by atoms with E-state index in [1.807, 2.05) is 16.8 Å². The number of allylic oxidation sites excluding steroid dienone is 3. The van der Waals surface area contributed by atoms with Crippen LogP contribution in [0.15, 0.2) is 52.6 Å². The van der Waals surface area contributed by atoms with Crippen LogP contribution >= 0.6 is 12.6 Å². The highest BCUT2D eigenvalue weighted by Crippen LogP contribution is 2.57. The summed E-state index contributed by atoms with van der Waals surface area (Å²) in [4.78, 5) is 10.6. The second-order valence-corrected chi connectivity index (χ2v) is 6.58. The Morgan fingerprint density at radius 2 is 2.09 bits per heavy atom. The fourth-order valence-electron chi connectivity index (χ4n) is 4.37. The molecule has 1 aromatic heterocycles. The molecule has 0 fully saturated rings.